The smallest absolute Gasteiger partial charge is 0.133 e. The number of nitrogens with zero attached hydrogens (tertiary/aromatic N) is 4. The molecule has 4 rings (SSSR count). The van der Waals surface area contributed by atoms with Gasteiger partial charge in [0, 0.05) is 43.1 Å². The van der Waals surface area contributed by atoms with E-state index < -0.39 is 0 Å². The first-order valence-corrected chi connectivity index (χ1v) is 9.00. The van der Waals surface area contributed by atoms with Crippen LogP contribution < -0.4 is 5.32 Å². The van der Waals surface area contributed by atoms with Crippen LogP contribution in [0.4, 0.5) is 5.82 Å². The molecule has 5 nitrogen and oxygen atoms in total. The van der Waals surface area contributed by atoms with Crippen molar-refractivity contribution in [1.82, 2.24) is 19.9 Å². The first-order chi connectivity index (χ1) is 11.8. The summed E-state index contributed by atoms with van der Waals surface area (Å²) in [5.74, 6) is 2.60. The van der Waals surface area contributed by atoms with Crippen molar-refractivity contribution in [2.45, 2.75) is 51.1 Å². The van der Waals surface area contributed by atoms with Gasteiger partial charge in [-0.15, -0.1) is 0 Å². The number of hydrogen-bond acceptors (Lipinski definition) is 5. The van der Waals surface area contributed by atoms with Crippen LogP contribution in [0, 0.1) is 6.92 Å². The molecule has 0 amide bonds. The molecule has 1 aliphatic carbocycles. The van der Waals surface area contributed by atoms with Crippen LogP contribution >= 0.6 is 0 Å². The lowest BCUT2D eigenvalue weighted by atomic mass is 10.0. The van der Waals surface area contributed by atoms with Gasteiger partial charge in [0.05, 0.1) is 0 Å². The highest BCUT2D eigenvalue weighted by Crippen LogP contribution is 2.38. The van der Waals surface area contributed by atoms with Crippen molar-refractivity contribution in [3.63, 3.8) is 0 Å². The number of piperidine rings is 1. The van der Waals surface area contributed by atoms with E-state index in [1.807, 2.05) is 24.5 Å². The van der Waals surface area contributed by atoms with Crippen LogP contribution in [0.2, 0.25) is 0 Å². The maximum absolute atomic E-state index is 4.70. The van der Waals surface area contributed by atoms with Crippen molar-refractivity contribution in [3.8, 4) is 0 Å². The largest absolute Gasteiger partial charge is 0.366 e. The van der Waals surface area contributed by atoms with Crippen LogP contribution in [0.1, 0.15) is 48.7 Å². The van der Waals surface area contributed by atoms with E-state index in [2.05, 4.69) is 33.2 Å². The quantitative estimate of drug-likeness (QED) is 0.916. The number of nitrogens with one attached hydrogen (secondary N) is 1. The third-order valence-electron chi connectivity index (χ3n) is 4.98. The van der Waals surface area contributed by atoms with Gasteiger partial charge in [-0.1, -0.05) is 6.07 Å². The fraction of sp³-hybridized carbons (Fsp3) is 0.526. The van der Waals surface area contributed by atoms with Gasteiger partial charge in [-0.05, 0) is 56.8 Å². The summed E-state index contributed by atoms with van der Waals surface area (Å²) in [5.41, 5.74) is 2.47. The third-order valence-corrected chi connectivity index (χ3v) is 4.98. The van der Waals surface area contributed by atoms with Gasteiger partial charge >= 0.3 is 0 Å². The van der Waals surface area contributed by atoms with E-state index in [1.165, 1.54) is 31.2 Å². The molecule has 0 bridgehead atoms. The lowest BCUT2D eigenvalue weighted by Gasteiger charge is -2.33. The number of likely N-dealkylation sites (tertiary alicyclic amines) is 1. The van der Waals surface area contributed by atoms with E-state index in [1.54, 1.807) is 0 Å². The van der Waals surface area contributed by atoms with Crippen molar-refractivity contribution in [2.75, 3.05) is 18.4 Å². The highest BCUT2D eigenvalue weighted by molar-refractivity contribution is 5.35. The minimum atomic E-state index is 0.456. The number of rotatable bonds is 5. The van der Waals surface area contributed by atoms with E-state index in [9.17, 15) is 0 Å². The van der Waals surface area contributed by atoms with Gasteiger partial charge in [-0.25, -0.2) is 9.97 Å². The summed E-state index contributed by atoms with van der Waals surface area (Å²) in [5, 5.41) is 3.63. The molecule has 5 heteroatoms. The summed E-state index contributed by atoms with van der Waals surface area (Å²) >= 11 is 0. The lowest BCUT2D eigenvalue weighted by molar-refractivity contribution is 0.208. The SMILES string of the molecule is Cc1ncccc1CN1CCCC(Nc2ccnc(C3CC3)n2)C1. The molecule has 24 heavy (non-hydrogen) atoms. The first kappa shape index (κ1) is 15.5. The highest BCUT2D eigenvalue weighted by atomic mass is 15.2. The zero-order chi connectivity index (χ0) is 16.4. The Hall–Kier alpha value is -2.01. The van der Waals surface area contributed by atoms with Crippen LogP contribution in [-0.4, -0.2) is 39.0 Å². The summed E-state index contributed by atoms with van der Waals surface area (Å²) in [4.78, 5) is 16.0. The van der Waals surface area contributed by atoms with Gasteiger partial charge in [0.2, 0.25) is 0 Å². The lowest BCUT2D eigenvalue weighted by Crippen LogP contribution is -2.41. The second-order valence-electron chi connectivity index (χ2n) is 7.04. The summed E-state index contributed by atoms with van der Waals surface area (Å²) < 4.78 is 0. The molecule has 1 unspecified atom stereocenters. The number of hydrogen-bond donors (Lipinski definition) is 1. The summed E-state index contributed by atoms with van der Waals surface area (Å²) in [6.07, 6.45) is 8.66. The average Bonchev–Trinajstić information content (AvgIpc) is 3.43. The van der Waals surface area contributed by atoms with Crippen LogP contribution in [-0.2, 0) is 6.54 Å². The molecule has 1 saturated heterocycles. The Balaban J connectivity index is 1.38. The number of anilines is 1. The molecule has 126 valence electrons. The van der Waals surface area contributed by atoms with Crippen LogP contribution in [0.25, 0.3) is 0 Å². The van der Waals surface area contributed by atoms with E-state index in [0.717, 1.165) is 37.0 Å². The van der Waals surface area contributed by atoms with E-state index in [-0.39, 0.29) is 0 Å². The molecular formula is C19H25N5. The zero-order valence-corrected chi connectivity index (χ0v) is 14.3. The molecule has 2 aliphatic rings. The van der Waals surface area contributed by atoms with Gasteiger partial charge in [0.1, 0.15) is 11.6 Å². The topological polar surface area (TPSA) is 53.9 Å². The molecule has 1 atom stereocenters. The molecular weight excluding hydrogens is 298 g/mol. The molecule has 3 heterocycles. The van der Waals surface area contributed by atoms with Gasteiger partial charge in [0.15, 0.2) is 0 Å². The summed E-state index contributed by atoms with van der Waals surface area (Å²) in [6.45, 7) is 5.28. The maximum Gasteiger partial charge on any atom is 0.133 e. The standard InChI is InChI=1S/C19H25N5/c1-14-16(4-2-9-20-14)12-24-11-3-5-17(13-24)22-18-8-10-21-19(23-18)15-6-7-15/h2,4,8-10,15,17H,3,5-7,11-13H2,1H3,(H,21,22,23). The molecule has 0 radical (unpaired) electrons. The Morgan fingerprint density at radius 3 is 2.92 bits per heavy atom. The Bertz CT molecular complexity index is 698. The molecule has 0 aromatic carbocycles. The molecule has 1 N–H and O–H groups in total. The molecule has 0 spiro atoms. The second kappa shape index (κ2) is 6.85. The van der Waals surface area contributed by atoms with Crippen molar-refractivity contribution in [3.05, 3.63) is 47.7 Å². The maximum atomic E-state index is 4.70. The van der Waals surface area contributed by atoms with E-state index >= 15 is 0 Å². The zero-order valence-electron chi connectivity index (χ0n) is 14.3. The van der Waals surface area contributed by atoms with Gasteiger partial charge < -0.3 is 5.32 Å². The minimum absolute atomic E-state index is 0.456. The normalized spacial score (nSPS) is 21.6. The Morgan fingerprint density at radius 1 is 1.17 bits per heavy atom. The summed E-state index contributed by atoms with van der Waals surface area (Å²) in [7, 11) is 0. The Kier molecular flexibility index (Phi) is 4.43. The number of aromatic nitrogens is 3. The van der Waals surface area contributed by atoms with Crippen molar-refractivity contribution < 1.29 is 0 Å². The van der Waals surface area contributed by atoms with E-state index in [4.69, 9.17) is 4.98 Å². The second-order valence-corrected chi connectivity index (χ2v) is 7.04. The van der Waals surface area contributed by atoms with Crippen molar-refractivity contribution >= 4 is 5.82 Å². The Labute approximate surface area is 143 Å². The van der Waals surface area contributed by atoms with Crippen molar-refractivity contribution in [2.24, 2.45) is 0 Å². The van der Waals surface area contributed by atoms with E-state index in [0.29, 0.717) is 12.0 Å². The fourth-order valence-electron chi connectivity index (χ4n) is 3.44. The van der Waals surface area contributed by atoms with Gasteiger partial charge in [-0.3, -0.25) is 9.88 Å². The predicted molar refractivity (Wildman–Crippen MR) is 94.9 cm³/mol. The number of pyridine rings is 1. The number of aryl methyl sites for hydroxylation is 1. The molecule has 1 aliphatic heterocycles. The predicted octanol–water partition coefficient (Wildman–Crippen LogP) is 3.13. The first-order valence-electron chi connectivity index (χ1n) is 9.00. The molecule has 2 fully saturated rings. The summed E-state index contributed by atoms with van der Waals surface area (Å²) in [6, 6.07) is 6.67. The van der Waals surface area contributed by atoms with Crippen LogP contribution in [0.3, 0.4) is 0 Å². The van der Waals surface area contributed by atoms with Gasteiger partial charge in [0.25, 0.3) is 0 Å². The van der Waals surface area contributed by atoms with Gasteiger partial charge in [-0.2, -0.15) is 0 Å². The molecule has 2 aromatic heterocycles. The van der Waals surface area contributed by atoms with Crippen LogP contribution in [0.5, 0.6) is 0 Å². The third kappa shape index (κ3) is 3.73. The van der Waals surface area contributed by atoms with Crippen LogP contribution in [0.15, 0.2) is 30.6 Å². The Morgan fingerprint density at radius 2 is 2.08 bits per heavy atom. The average molecular weight is 323 g/mol. The molecule has 1 saturated carbocycles. The molecule has 2 aromatic rings. The monoisotopic (exact) mass is 323 g/mol. The highest BCUT2D eigenvalue weighted by Gasteiger charge is 2.27. The fourth-order valence-corrected chi connectivity index (χ4v) is 3.44. The minimum Gasteiger partial charge on any atom is -0.366 e. The van der Waals surface area contributed by atoms with Crippen molar-refractivity contribution in [1.29, 1.82) is 0 Å².